The van der Waals surface area contributed by atoms with Crippen LogP contribution in [0.5, 0.6) is 17.4 Å². The number of benzene rings is 2. The average molecular weight is 431 g/mol. The molecule has 32 heavy (non-hydrogen) atoms. The number of amides is 1. The highest BCUT2D eigenvalue weighted by molar-refractivity contribution is 5.75. The number of hydrogen-bond acceptors (Lipinski definition) is 7. The molecule has 2 heterocycles. The van der Waals surface area contributed by atoms with E-state index in [-0.39, 0.29) is 18.1 Å². The number of methoxy groups -OCH3 is 1. The first-order valence-electron chi connectivity index (χ1n) is 9.76. The highest BCUT2D eigenvalue weighted by atomic mass is 16.5. The molecule has 0 bridgehead atoms. The van der Waals surface area contributed by atoms with Crippen LogP contribution in [0.3, 0.4) is 0 Å². The standard InChI is InChI=1S/C23H21N5O4/c1-13-20-21(14-8-9-17(18(10-14)30-2)31-12-19(25)29)16(11-24)22(26)32-23(20)28(27-13)15-6-4-3-5-7-15/h3-10,21H,12,26H2,1-2H3,(H2,25,29)/t21-/m1/s1. The predicted octanol–water partition coefficient (Wildman–Crippen LogP) is 2.27. The molecule has 4 N–H and O–H groups in total. The van der Waals surface area contributed by atoms with Gasteiger partial charge in [0.1, 0.15) is 11.6 Å². The van der Waals surface area contributed by atoms with E-state index in [9.17, 15) is 10.1 Å². The monoisotopic (exact) mass is 431 g/mol. The minimum atomic E-state index is -0.600. The van der Waals surface area contributed by atoms with Gasteiger partial charge >= 0.3 is 0 Å². The van der Waals surface area contributed by atoms with Gasteiger partial charge < -0.3 is 25.7 Å². The fourth-order valence-corrected chi connectivity index (χ4v) is 3.72. The Bertz CT molecular complexity index is 1260. The highest BCUT2D eigenvalue weighted by Crippen LogP contribution is 2.46. The van der Waals surface area contributed by atoms with Crippen molar-refractivity contribution in [3.63, 3.8) is 0 Å². The van der Waals surface area contributed by atoms with Gasteiger partial charge in [-0.15, -0.1) is 0 Å². The molecule has 0 fully saturated rings. The van der Waals surface area contributed by atoms with Crippen molar-refractivity contribution < 1.29 is 19.0 Å². The quantitative estimate of drug-likeness (QED) is 0.610. The van der Waals surface area contributed by atoms with Crippen LogP contribution in [-0.4, -0.2) is 29.4 Å². The third-order valence-corrected chi connectivity index (χ3v) is 5.12. The van der Waals surface area contributed by atoms with Crippen LogP contribution < -0.4 is 25.7 Å². The predicted molar refractivity (Wildman–Crippen MR) is 115 cm³/mol. The Morgan fingerprint density at radius 3 is 2.66 bits per heavy atom. The molecule has 2 aromatic carbocycles. The SMILES string of the molecule is COc1cc([C@@H]2C(C#N)=C(N)Oc3c2c(C)nn3-c2ccccc2)ccc1OCC(N)=O. The minimum Gasteiger partial charge on any atom is -0.493 e. The van der Waals surface area contributed by atoms with Crippen molar-refractivity contribution in [3.8, 4) is 29.1 Å². The summed E-state index contributed by atoms with van der Waals surface area (Å²) in [6.07, 6.45) is 0. The molecule has 0 spiro atoms. The number of hydrogen-bond donors (Lipinski definition) is 2. The van der Waals surface area contributed by atoms with Crippen molar-refractivity contribution in [2.75, 3.05) is 13.7 Å². The molecule has 0 radical (unpaired) electrons. The van der Waals surface area contributed by atoms with Crippen LogP contribution in [-0.2, 0) is 4.79 Å². The fraction of sp³-hybridized carbons (Fsp3) is 0.174. The lowest BCUT2D eigenvalue weighted by molar-refractivity contribution is -0.119. The van der Waals surface area contributed by atoms with E-state index in [1.165, 1.54) is 7.11 Å². The largest absolute Gasteiger partial charge is 0.493 e. The van der Waals surface area contributed by atoms with Crippen LogP contribution in [0.25, 0.3) is 5.69 Å². The average Bonchev–Trinajstić information content (AvgIpc) is 3.12. The van der Waals surface area contributed by atoms with Gasteiger partial charge in [0.15, 0.2) is 18.1 Å². The van der Waals surface area contributed by atoms with E-state index < -0.39 is 11.8 Å². The number of rotatable bonds is 6. The highest BCUT2D eigenvalue weighted by Gasteiger charge is 2.36. The van der Waals surface area contributed by atoms with Crippen molar-refractivity contribution >= 4 is 5.91 Å². The smallest absolute Gasteiger partial charge is 0.255 e. The Morgan fingerprint density at radius 2 is 2.00 bits per heavy atom. The number of nitrogens with two attached hydrogens (primary N) is 2. The van der Waals surface area contributed by atoms with Crippen molar-refractivity contribution in [1.29, 1.82) is 5.26 Å². The zero-order valence-corrected chi connectivity index (χ0v) is 17.5. The lowest BCUT2D eigenvalue weighted by Crippen LogP contribution is -2.22. The van der Waals surface area contributed by atoms with Crippen LogP contribution >= 0.6 is 0 Å². The zero-order valence-electron chi connectivity index (χ0n) is 17.5. The lowest BCUT2D eigenvalue weighted by Gasteiger charge is -2.25. The maximum atomic E-state index is 11.1. The summed E-state index contributed by atoms with van der Waals surface area (Å²) < 4.78 is 18.4. The molecule has 0 unspecified atom stereocenters. The molecular weight excluding hydrogens is 410 g/mol. The molecule has 1 amide bonds. The van der Waals surface area contributed by atoms with E-state index in [2.05, 4.69) is 11.2 Å². The zero-order chi connectivity index (χ0) is 22.8. The normalized spacial score (nSPS) is 14.8. The first-order chi connectivity index (χ1) is 15.4. The van der Waals surface area contributed by atoms with Gasteiger partial charge in [-0.05, 0) is 36.8 Å². The maximum absolute atomic E-state index is 11.1. The lowest BCUT2D eigenvalue weighted by atomic mass is 9.84. The number of primary amides is 1. The molecule has 1 aliphatic heterocycles. The first-order valence-corrected chi connectivity index (χ1v) is 9.76. The van der Waals surface area contributed by atoms with Gasteiger partial charge in [0.05, 0.1) is 30.0 Å². The molecule has 3 aromatic rings. The van der Waals surface area contributed by atoms with Crippen LogP contribution in [0.1, 0.15) is 22.7 Å². The Labute approximate surface area is 184 Å². The third kappa shape index (κ3) is 3.58. The van der Waals surface area contributed by atoms with E-state index in [0.29, 0.717) is 23.1 Å². The minimum absolute atomic E-state index is 0.00935. The molecule has 0 saturated carbocycles. The Balaban J connectivity index is 1.85. The van der Waals surface area contributed by atoms with E-state index in [0.717, 1.165) is 16.8 Å². The summed E-state index contributed by atoms with van der Waals surface area (Å²) in [6, 6.07) is 16.9. The molecule has 162 valence electrons. The van der Waals surface area contributed by atoms with E-state index in [1.54, 1.807) is 22.9 Å². The van der Waals surface area contributed by atoms with E-state index >= 15 is 0 Å². The Morgan fingerprint density at radius 1 is 1.25 bits per heavy atom. The van der Waals surface area contributed by atoms with Crippen molar-refractivity contribution in [1.82, 2.24) is 9.78 Å². The van der Waals surface area contributed by atoms with Gasteiger partial charge in [0, 0.05) is 0 Å². The summed E-state index contributed by atoms with van der Waals surface area (Å²) in [7, 11) is 1.49. The van der Waals surface area contributed by atoms with Gasteiger partial charge in [-0.1, -0.05) is 24.3 Å². The molecule has 1 aliphatic rings. The Hall–Kier alpha value is -4.45. The summed E-state index contributed by atoms with van der Waals surface area (Å²) in [5.74, 6) is 0.0745. The van der Waals surface area contributed by atoms with Gasteiger partial charge in [0.2, 0.25) is 11.8 Å². The second-order valence-corrected chi connectivity index (χ2v) is 7.14. The number of allylic oxidation sites excluding steroid dienone is 1. The van der Waals surface area contributed by atoms with Crippen LogP contribution in [0.4, 0.5) is 0 Å². The molecule has 0 saturated heterocycles. The second kappa shape index (κ2) is 8.35. The van der Waals surface area contributed by atoms with Crippen LogP contribution in [0, 0.1) is 18.3 Å². The summed E-state index contributed by atoms with van der Waals surface area (Å²) in [4.78, 5) is 11.1. The molecule has 9 heteroatoms. The fourth-order valence-electron chi connectivity index (χ4n) is 3.72. The second-order valence-electron chi connectivity index (χ2n) is 7.14. The number of carbonyl (C=O) groups is 1. The topological polar surface area (TPSA) is 138 Å². The van der Waals surface area contributed by atoms with Crippen LogP contribution in [0.15, 0.2) is 60.0 Å². The molecule has 0 aliphatic carbocycles. The number of nitriles is 1. The number of nitrogens with zero attached hydrogens (tertiary/aromatic N) is 3. The summed E-state index contributed by atoms with van der Waals surface area (Å²) in [6.45, 7) is 1.57. The number of para-hydroxylation sites is 1. The Kier molecular flexibility index (Phi) is 5.43. The van der Waals surface area contributed by atoms with Crippen LogP contribution in [0.2, 0.25) is 0 Å². The number of aryl methyl sites for hydroxylation is 1. The molecule has 1 aromatic heterocycles. The van der Waals surface area contributed by atoms with E-state index in [1.807, 2.05) is 37.3 Å². The summed E-state index contributed by atoms with van der Waals surface area (Å²) in [5, 5.41) is 14.5. The van der Waals surface area contributed by atoms with Gasteiger partial charge in [0.25, 0.3) is 5.91 Å². The van der Waals surface area contributed by atoms with Gasteiger partial charge in [-0.3, -0.25) is 4.79 Å². The first kappa shape index (κ1) is 20.8. The number of carbonyl (C=O) groups excluding carboxylic acids is 1. The van der Waals surface area contributed by atoms with Gasteiger partial charge in [-0.25, -0.2) is 4.68 Å². The number of fused-ring (bicyclic) bond motifs is 1. The summed E-state index contributed by atoms with van der Waals surface area (Å²) in [5.41, 5.74) is 14.5. The van der Waals surface area contributed by atoms with Crippen molar-refractivity contribution in [2.45, 2.75) is 12.8 Å². The molecule has 1 atom stereocenters. The van der Waals surface area contributed by atoms with Crippen molar-refractivity contribution in [3.05, 3.63) is 76.8 Å². The van der Waals surface area contributed by atoms with E-state index in [4.69, 9.17) is 25.7 Å². The number of ether oxygens (including phenoxy) is 3. The third-order valence-electron chi connectivity index (χ3n) is 5.12. The summed E-state index contributed by atoms with van der Waals surface area (Å²) >= 11 is 0. The van der Waals surface area contributed by atoms with Gasteiger partial charge in [-0.2, -0.15) is 10.4 Å². The maximum Gasteiger partial charge on any atom is 0.255 e. The van der Waals surface area contributed by atoms with Crippen molar-refractivity contribution in [2.24, 2.45) is 11.5 Å². The number of aromatic nitrogens is 2. The molecule has 4 rings (SSSR count). The molecular formula is C23H21N5O4. The molecule has 9 nitrogen and oxygen atoms in total.